The second kappa shape index (κ2) is 5.69. The van der Waals surface area contributed by atoms with E-state index in [1.807, 2.05) is 0 Å². The summed E-state index contributed by atoms with van der Waals surface area (Å²) in [6.45, 7) is 0.394. The molecule has 0 bridgehead atoms. The molecule has 0 atom stereocenters. The van der Waals surface area contributed by atoms with Gasteiger partial charge >= 0.3 is 5.97 Å². The number of methoxy groups -OCH3 is 1. The lowest BCUT2D eigenvalue weighted by molar-refractivity contribution is -0.144. The number of nitrogens with one attached hydrogen (secondary N) is 2. The number of carbonyl (C=O) groups excluding carboxylic acids is 2. The minimum absolute atomic E-state index is 0.248. The van der Waals surface area contributed by atoms with E-state index in [0.717, 1.165) is 12.1 Å². The highest BCUT2D eigenvalue weighted by atomic mass is 19.1. The van der Waals surface area contributed by atoms with Gasteiger partial charge in [0.1, 0.15) is 11.4 Å². The van der Waals surface area contributed by atoms with Crippen LogP contribution in [0.4, 0.5) is 10.1 Å². The number of carbonyl (C=O) groups is 2. The summed E-state index contributed by atoms with van der Waals surface area (Å²) in [5, 5.41) is 4.46. The first-order valence-electron chi connectivity index (χ1n) is 6.95. The average Bonchev–Trinajstić information content (AvgIpc) is 2.34. The summed E-state index contributed by atoms with van der Waals surface area (Å²) < 4.78 is 39.3. The number of rotatable bonds is 4. The van der Waals surface area contributed by atoms with E-state index in [0.29, 0.717) is 0 Å². The molecule has 1 aromatic rings. The predicted octanol–water partition coefficient (Wildman–Crippen LogP) is 1.55. The molecule has 0 aromatic heterocycles. The van der Waals surface area contributed by atoms with Crippen LogP contribution in [-0.2, 0) is 9.53 Å². The van der Waals surface area contributed by atoms with Crippen molar-refractivity contribution < 1.29 is 22.8 Å². The molecule has 0 saturated carbocycles. The highest BCUT2D eigenvalue weighted by molar-refractivity contribution is 5.94. The van der Waals surface area contributed by atoms with Crippen molar-refractivity contribution in [2.24, 2.45) is 0 Å². The summed E-state index contributed by atoms with van der Waals surface area (Å²) in [5.74, 6) is -2.50. The molecule has 19 heavy (non-hydrogen) atoms. The highest BCUT2D eigenvalue weighted by Gasteiger charge is 2.28. The Morgan fingerprint density at radius 1 is 1.42 bits per heavy atom. The Labute approximate surface area is 115 Å². The number of halogens is 1. The van der Waals surface area contributed by atoms with Gasteiger partial charge in [0.05, 0.1) is 12.7 Å². The molecule has 0 aliphatic carbocycles. The fourth-order valence-electron chi connectivity index (χ4n) is 1.51. The van der Waals surface area contributed by atoms with Crippen LogP contribution in [0, 0.1) is 5.82 Å². The summed E-state index contributed by atoms with van der Waals surface area (Å²) in [6.07, 6.45) is 0. The zero-order valence-electron chi connectivity index (χ0n) is 13.8. The first-order valence-corrected chi connectivity index (χ1v) is 5.45. The van der Waals surface area contributed by atoms with Gasteiger partial charge in [-0.3, -0.25) is 4.79 Å². The van der Waals surface area contributed by atoms with Crippen LogP contribution in [0.3, 0.4) is 0 Å². The van der Waals surface area contributed by atoms with Crippen molar-refractivity contribution in [3.63, 3.8) is 0 Å². The second-order valence-electron chi connectivity index (χ2n) is 4.39. The number of anilines is 1. The zero-order valence-corrected chi connectivity index (χ0v) is 10.8. The van der Waals surface area contributed by atoms with Crippen LogP contribution in [0.25, 0.3) is 0 Å². The molecule has 0 radical (unpaired) electrons. The topological polar surface area (TPSA) is 67.4 Å². The Morgan fingerprint density at radius 3 is 2.63 bits per heavy atom. The Hall–Kier alpha value is -2.11. The molecule has 0 aliphatic rings. The van der Waals surface area contributed by atoms with E-state index < -0.39 is 35.8 Å². The third-order valence-electron chi connectivity index (χ3n) is 2.48. The summed E-state index contributed by atoms with van der Waals surface area (Å²) in [5.41, 5.74) is -1.25. The maximum absolute atomic E-state index is 13.9. The molecule has 2 N–H and O–H groups in total. The smallest absolute Gasteiger partial charge is 0.330 e. The average molecular weight is 271 g/mol. The van der Waals surface area contributed by atoms with Gasteiger partial charge in [-0.15, -0.1) is 0 Å². The van der Waals surface area contributed by atoms with Crippen LogP contribution in [0.5, 0.6) is 0 Å². The Bertz CT molecular complexity index is 588. The Balaban J connectivity index is 2.95. The molecule has 5 nitrogen and oxygen atoms in total. The maximum atomic E-state index is 13.9. The van der Waals surface area contributed by atoms with Gasteiger partial charge in [-0.1, -0.05) is 0 Å². The standard InChI is InChI=1S/C13H17FN2O3/c1-13(2,12(18)19-4)16-8-5-6-9(10(14)7-8)11(17)15-3/h5-7,16H,1-4H3,(H,15,17)/i3D3. The highest BCUT2D eigenvalue weighted by Crippen LogP contribution is 2.19. The summed E-state index contributed by atoms with van der Waals surface area (Å²) >= 11 is 0. The molecular weight excluding hydrogens is 251 g/mol. The fourth-order valence-corrected chi connectivity index (χ4v) is 1.51. The molecular formula is C13H17FN2O3. The van der Waals surface area contributed by atoms with Crippen LogP contribution in [0.1, 0.15) is 28.3 Å². The van der Waals surface area contributed by atoms with Crippen molar-refractivity contribution in [3.05, 3.63) is 29.6 Å². The van der Waals surface area contributed by atoms with Crippen LogP contribution >= 0.6 is 0 Å². The van der Waals surface area contributed by atoms with Gasteiger partial charge in [0.15, 0.2) is 0 Å². The number of hydrogen-bond donors (Lipinski definition) is 2. The summed E-state index contributed by atoms with van der Waals surface area (Å²) in [6, 6.07) is 3.49. The largest absolute Gasteiger partial charge is 0.467 e. The third kappa shape index (κ3) is 3.43. The number of ether oxygens (including phenoxy) is 1. The third-order valence-corrected chi connectivity index (χ3v) is 2.48. The number of hydrogen-bond acceptors (Lipinski definition) is 4. The lowest BCUT2D eigenvalue weighted by Gasteiger charge is -2.24. The van der Waals surface area contributed by atoms with Crippen LogP contribution in [0.15, 0.2) is 18.2 Å². The number of esters is 1. The minimum Gasteiger partial charge on any atom is -0.467 e. The van der Waals surface area contributed by atoms with Gasteiger partial charge in [-0.25, -0.2) is 9.18 Å². The summed E-state index contributed by atoms with van der Waals surface area (Å²) in [7, 11) is 1.23. The summed E-state index contributed by atoms with van der Waals surface area (Å²) in [4.78, 5) is 23.2. The van der Waals surface area contributed by atoms with Crippen LogP contribution in [-0.4, -0.2) is 31.5 Å². The molecule has 104 valence electrons. The molecule has 1 aromatic carbocycles. The lowest BCUT2D eigenvalue weighted by Crippen LogP contribution is -2.41. The van der Waals surface area contributed by atoms with E-state index in [1.54, 1.807) is 19.2 Å². The molecule has 1 rings (SSSR count). The first-order chi connectivity index (χ1) is 9.96. The van der Waals surface area contributed by atoms with Gasteiger partial charge in [-0.2, -0.15) is 0 Å². The van der Waals surface area contributed by atoms with E-state index >= 15 is 0 Å². The number of benzene rings is 1. The van der Waals surface area contributed by atoms with Crippen LogP contribution < -0.4 is 10.6 Å². The normalized spacial score (nSPS) is 13.8. The van der Waals surface area contributed by atoms with Gasteiger partial charge < -0.3 is 15.4 Å². The fraction of sp³-hybridized carbons (Fsp3) is 0.385. The van der Waals surface area contributed by atoms with E-state index in [-0.39, 0.29) is 5.69 Å². The molecule has 0 heterocycles. The van der Waals surface area contributed by atoms with Crippen molar-refractivity contribution in [1.29, 1.82) is 0 Å². The predicted molar refractivity (Wildman–Crippen MR) is 69.5 cm³/mol. The minimum atomic E-state index is -2.70. The molecule has 1 amide bonds. The van der Waals surface area contributed by atoms with Gasteiger partial charge in [-0.05, 0) is 32.0 Å². The van der Waals surface area contributed by atoms with Crippen molar-refractivity contribution in [1.82, 2.24) is 5.32 Å². The Morgan fingerprint density at radius 2 is 2.11 bits per heavy atom. The SMILES string of the molecule is [2H]C([2H])([2H])NC(=O)c1ccc(NC(C)(C)C(=O)OC)cc1F. The quantitative estimate of drug-likeness (QED) is 0.815. The Kier molecular flexibility index (Phi) is 3.23. The van der Waals surface area contributed by atoms with E-state index in [1.165, 1.54) is 13.2 Å². The maximum Gasteiger partial charge on any atom is 0.330 e. The zero-order chi connectivity index (χ0) is 17.1. The van der Waals surface area contributed by atoms with Crippen molar-refractivity contribution in [2.75, 3.05) is 19.4 Å². The monoisotopic (exact) mass is 271 g/mol. The number of amides is 1. The molecule has 0 saturated heterocycles. The molecule has 6 heteroatoms. The lowest BCUT2D eigenvalue weighted by atomic mass is 10.0. The van der Waals surface area contributed by atoms with E-state index in [9.17, 15) is 14.0 Å². The van der Waals surface area contributed by atoms with Gasteiger partial charge in [0, 0.05) is 16.8 Å². The van der Waals surface area contributed by atoms with E-state index in [2.05, 4.69) is 10.1 Å². The molecule has 0 unspecified atom stereocenters. The van der Waals surface area contributed by atoms with Gasteiger partial charge in [0.25, 0.3) is 5.91 Å². The molecule has 0 fully saturated rings. The van der Waals surface area contributed by atoms with Crippen molar-refractivity contribution >= 4 is 17.6 Å². The first kappa shape index (κ1) is 10.8. The van der Waals surface area contributed by atoms with Crippen molar-refractivity contribution in [2.45, 2.75) is 19.4 Å². The molecule has 0 spiro atoms. The second-order valence-corrected chi connectivity index (χ2v) is 4.39. The van der Waals surface area contributed by atoms with Gasteiger partial charge in [0.2, 0.25) is 0 Å². The van der Waals surface area contributed by atoms with E-state index in [4.69, 9.17) is 4.11 Å². The molecule has 0 aliphatic heterocycles. The van der Waals surface area contributed by atoms with Crippen molar-refractivity contribution in [3.8, 4) is 0 Å². The van der Waals surface area contributed by atoms with Crippen LogP contribution in [0.2, 0.25) is 0 Å².